The highest BCUT2D eigenvalue weighted by Crippen LogP contribution is 2.35. The summed E-state index contributed by atoms with van der Waals surface area (Å²) >= 11 is 0. The Hall–Kier alpha value is -2.88. The smallest absolute Gasteiger partial charge is 0.224 e. The SMILES string of the molecule is CC(C)CC(=O)Nc1c(-c2ccccc2)n[nH]c1-c1ccccc1. The quantitative estimate of drug-likeness (QED) is 0.714. The first-order chi connectivity index (χ1) is 11.6. The molecule has 0 atom stereocenters. The summed E-state index contributed by atoms with van der Waals surface area (Å²) < 4.78 is 0. The number of H-pyrrole nitrogens is 1. The second-order valence-corrected chi connectivity index (χ2v) is 6.20. The van der Waals surface area contributed by atoms with Crippen LogP contribution in [0, 0.1) is 5.92 Å². The second-order valence-electron chi connectivity index (χ2n) is 6.20. The van der Waals surface area contributed by atoms with Crippen molar-refractivity contribution in [3.8, 4) is 22.5 Å². The van der Waals surface area contributed by atoms with E-state index in [1.807, 2.05) is 74.5 Å². The number of nitrogens with zero attached hydrogens (tertiary/aromatic N) is 1. The average molecular weight is 319 g/mol. The maximum absolute atomic E-state index is 12.3. The molecule has 0 bridgehead atoms. The van der Waals surface area contributed by atoms with Crippen molar-refractivity contribution in [2.45, 2.75) is 20.3 Å². The Kier molecular flexibility index (Phi) is 4.75. The molecule has 0 aliphatic carbocycles. The standard InChI is InChI=1S/C20H21N3O/c1-14(2)13-17(24)21-20-18(15-9-5-3-6-10-15)22-23-19(20)16-11-7-4-8-12-16/h3-12,14H,13H2,1-2H3,(H,21,24)(H,22,23). The lowest BCUT2D eigenvalue weighted by Crippen LogP contribution is -2.14. The molecule has 4 nitrogen and oxygen atoms in total. The van der Waals surface area contributed by atoms with Gasteiger partial charge in [0.25, 0.3) is 0 Å². The predicted molar refractivity (Wildman–Crippen MR) is 97.5 cm³/mol. The summed E-state index contributed by atoms with van der Waals surface area (Å²) in [5.41, 5.74) is 4.28. The highest BCUT2D eigenvalue weighted by Gasteiger charge is 2.18. The summed E-state index contributed by atoms with van der Waals surface area (Å²) in [7, 11) is 0. The fourth-order valence-corrected chi connectivity index (χ4v) is 2.64. The lowest BCUT2D eigenvalue weighted by molar-refractivity contribution is -0.116. The number of carbonyl (C=O) groups is 1. The Labute approximate surface area is 141 Å². The molecule has 0 saturated heterocycles. The van der Waals surface area contributed by atoms with Crippen LogP contribution in [0.1, 0.15) is 20.3 Å². The molecule has 24 heavy (non-hydrogen) atoms. The Morgan fingerprint density at radius 3 is 2.17 bits per heavy atom. The van der Waals surface area contributed by atoms with Gasteiger partial charge in [-0.1, -0.05) is 74.5 Å². The van der Waals surface area contributed by atoms with E-state index in [9.17, 15) is 4.79 Å². The van der Waals surface area contributed by atoms with E-state index in [1.165, 1.54) is 0 Å². The van der Waals surface area contributed by atoms with E-state index in [0.29, 0.717) is 12.3 Å². The van der Waals surface area contributed by atoms with Crippen molar-refractivity contribution >= 4 is 11.6 Å². The van der Waals surface area contributed by atoms with E-state index in [4.69, 9.17) is 0 Å². The molecule has 1 amide bonds. The van der Waals surface area contributed by atoms with Crippen LogP contribution < -0.4 is 5.32 Å². The molecule has 1 aromatic heterocycles. The van der Waals surface area contributed by atoms with Crippen molar-refractivity contribution in [1.82, 2.24) is 10.2 Å². The van der Waals surface area contributed by atoms with Gasteiger partial charge in [0, 0.05) is 17.5 Å². The van der Waals surface area contributed by atoms with Gasteiger partial charge in [0.15, 0.2) is 0 Å². The van der Waals surface area contributed by atoms with E-state index < -0.39 is 0 Å². The monoisotopic (exact) mass is 319 g/mol. The fraction of sp³-hybridized carbons (Fsp3) is 0.200. The van der Waals surface area contributed by atoms with Crippen molar-refractivity contribution in [3.05, 3.63) is 60.7 Å². The largest absolute Gasteiger partial charge is 0.322 e. The Bertz CT molecular complexity index is 750. The summed E-state index contributed by atoms with van der Waals surface area (Å²) in [5, 5.41) is 10.6. The minimum Gasteiger partial charge on any atom is -0.322 e. The molecule has 0 radical (unpaired) electrons. The first-order valence-corrected chi connectivity index (χ1v) is 8.14. The molecule has 4 heteroatoms. The number of anilines is 1. The second kappa shape index (κ2) is 7.13. The van der Waals surface area contributed by atoms with Crippen LogP contribution in [0.4, 0.5) is 5.69 Å². The van der Waals surface area contributed by atoms with Crippen LogP contribution >= 0.6 is 0 Å². The van der Waals surface area contributed by atoms with Crippen molar-refractivity contribution in [2.24, 2.45) is 5.92 Å². The maximum atomic E-state index is 12.3. The molecule has 3 aromatic rings. The summed E-state index contributed by atoms with van der Waals surface area (Å²) in [4.78, 5) is 12.3. The van der Waals surface area contributed by atoms with Crippen molar-refractivity contribution in [1.29, 1.82) is 0 Å². The molecular weight excluding hydrogens is 298 g/mol. The van der Waals surface area contributed by atoms with Crippen LogP contribution in [0.15, 0.2) is 60.7 Å². The van der Waals surface area contributed by atoms with Crippen molar-refractivity contribution in [3.63, 3.8) is 0 Å². The zero-order valence-corrected chi connectivity index (χ0v) is 13.9. The van der Waals surface area contributed by atoms with Crippen LogP contribution in [0.2, 0.25) is 0 Å². The fourth-order valence-electron chi connectivity index (χ4n) is 2.64. The summed E-state index contributed by atoms with van der Waals surface area (Å²) in [6, 6.07) is 19.8. The van der Waals surface area contributed by atoms with Gasteiger partial charge in [0.05, 0.1) is 11.4 Å². The van der Waals surface area contributed by atoms with Crippen LogP contribution in [0.25, 0.3) is 22.5 Å². The van der Waals surface area contributed by atoms with E-state index in [1.54, 1.807) is 0 Å². The lowest BCUT2D eigenvalue weighted by atomic mass is 10.1. The molecular formula is C20H21N3O. The topological polar surface area (TPSA) is 57.8 Å². The van der Waals surface area contributed by atoms with E-state index in [2.05, 4.69) is 15.5 Å². The number of amides is 1. The third-order valence-electron chi connectivity index (χ3n) is 3.73. The number of rotatable bonds is 5. The van der Waals surface area contributed by atoms with Gasteiger partial charge in [0.2, 0.25) is 5.91 Å². The van der Waals surface area contributed by atoms with Crippen molar-refractivity contribution in [2.75, 3.05) is 5.32 Å². The van der Waals surface area contributed by atoms with Gasteiger partial charge in [-0.05, 0) is 5.92 Å². The average Bonchev–Trinajstić information content (AvgIpc) is 2.99. The van der Waals surface area contributed by atoms with Gasteiger partial charge in [-0.3, -0.25) is 9.89 Å². The number of carbonyl (C=O) groups excluding carboxylic acids is 1. The molecule has 2 N–H and O–H groups in total. The lowest BCUT2D eigenvalue weighted by Gasteiger charge is -2.10. The molecule has 3 rings (SSSR count). The highest BCUT2D eigenvalue weighted by atomic mass is 16.1. The molecule has 0 saturated carbocycles. The Balaban J connectivity index is 2.04. The summed E-state index contributed by atoms with van der Waals surface area (Å²) in [6.45, 7) is 4.07. The number of benzene rings is 2. The third kappa shape index (κ3) is 3.54. The molecule has 0 aliphatic rings. The minimum atomic E-state index is 0.000706. The molecule has 0 aliphatic heterocycles. The predicted octanol–water partition coefficient (Wildman–Crippen LogP) is 4.73. The molecule has 0 unspecified atom stereocenters. The molecule has 122 valence electrons. The molecule has 0 fully saturated rings. The zero-order valence-electron chi connectivity index (χ0n) is 13.9. The number of nitrogens with one attached hydrogen (secondary N) is 2. The molecule has 1 heterocycles. The first-order valence-electron chi connectivity index (χ1n) is 8.14. The highest BCUT2D eigenvalue weighted by molar-refractivity contribution is 5.99. The number of hydrogen-bond donors (Lipinski definition) is 2. The first kappa shape index (κ1) is 16.0. The van der Waals surface area contributed by atoms with Crippen LogP contribution in [0.5, 0.6) is 0 Å². The Morgan fingerprint density at radius 2 is 1.58 bits per heavy atom. The van der Waals surface area contributed by atoms with Gasteiger partial charge in [-0.2, -0.15) is 5.10 Å². The molecule has 2 aromatic carbocycles. The minimum absolute atomic E-state index is 0.000706. The van der Waals surface area contributed by atoms with Gasteiger partial charge in [-0.25, -0.2) is 0 Å². The van der Waals surface area contributed by atoms with Gasteiger partial charge in [-0.15, -0.1) is 0 Å². The van der Waals surface area contributed by atoms with Crippen LogP contribution in [-0.4, -0.2) is 16.1 Å². The molecule has 0 spiro atoms. The third-order valence-corrected chi connectivity index (χ3v) is 3.73. The maximum Gasteiger partial charge on any atom is 0.224 e. The van der Waals surface area contributed by atoms with E-state index >= 15 is 0 Å². The van der Waals surface area contributed by atoms with E-state index in [-0.39, 0.29) is 5.91 Å². The Morgan fingerprint density at radius 1 is 1.00 bits per heavy atom. The van der Waals surface area contributed by atoms with Gasteiger partial charge >= 0.3 is 0 Å². The van der Waals surface area contributed by atoms with Crippen LogP contribution in [0.3, 0.4) is 0 Å². The number of aromatic nitrogens is 2. The van der Waals surface area contributed by atoms with Crippen molar-refractivity contribution < 1.29 is 4.79 Å². The van der Waals surface area contributed by atoms with Gasteiger partial charge < -0.3 is 5.32 Å². The van der Waals surface area contributed by atoms with Gasteiger partial charge in [0.1, 0.15) is 5.69 Å². The zero-order chi connectivity index (χ0) is 16.9. The van der Waals surface area contributed by atoms with E-state index in [0.717, 1.165) is 28.2 Å². The van der Waals surface area contributed by atoms with Crippen LogP contribution in [-0.2, 0) is 4.79 Å². The normalized spacial score (nSPS) is 10.8. The number of aromatic amines is 1. The summed E-state index contributed by atoms with van der Waals surface area (Å²) in [5.74, 6) is 0.304. The number of hydrogen-bond acceptors (Lipinski definition) is 2. The summed E-state index contributed by atoms with van der Waals surface area (Å²) in [6.07, 6.45) is 0.480.